The van der Waals surface area contributed by atoms with Crippen LogP contribution in [0.15, 0.2) is 0 Å². The lowest BCUT2D eigenvalue weighted by Crippen LogP contribution is -2.49. The monoisotopic (exact) mass is 175 g/mol. The van der Waals surface area contributed by atoms with Gasteiger partial charge in [0.2, 0.25) is 0 Å². The first-order chi connectivity index (χ1) is 5.75. The molecule has 3 fully saturated rings. The van der Waals surface area contributed by atoms with Crippen molar-refractivity contribution >= 4 is 0 Å². The van der Waals surface area contributed by atoms with Crippen molar-refractivity contribution in [2.45, 2.75) is 38.2 Å². The van der Waals surface area contributed by atoms with E-state index in [1.807, 2.05) is 4.90 Å². The first-order valence-electron chi connectivity index (χ1n) is 4.78. The number of rotatable bonds is 2. The standard InChI is InChI=1S/C9H15F2N/c10-9(11)6-12-5-7-1-3-8(12)4-2-7/h7-9H,1-6H2. The molecule has 0 amide bonds. The Morgan fingerprint density at radius 3 is 2.25 bits per heavy atom. The smallest absolute Gasteiger partial charge is 0.251 e. The zero-order valence-corrected chi connectivity index (χ0v) is 7.18. The molecular formula is C9H15F2N. The van der Waals surface area contributed by atoms with Gasteiger partial charge in [0.15, 0.2) is 0 Å². The number of piperidine rings is 2. The normalized spacial score (nSPS) is 36.2. The summed E-state index contributed by atoms with van der Waals surface area (Å²) < 4.78 is 24.2. The molecule has 0 aromatic rings. The van der Waals surface area contributed by atoms with Gasteiger partial charge >= 0.3 is 0 Å². The number of nitrogens with zero attached hydrogens (tertiary/aromatic N) is 1. The molecule has 3 rings (SSSR count). The summed E-state index contributed by atoms with van der Waals surface area (Å²) in [4.78, 5) is 1.99. The van der Waals surface area contributed by atoms with Gasteiger partial charge in [-0.05, 0) is 31.6 Å². The minimum atomic E-state index is -2.15. The molecule has 2 bridgehead atoms. The molecule has 0 atom stereocenters. The minimum Gasteiger partial charge on any atom is -0.294 e. The molecule has 12 heavy (non-hydrogen) atoms. The van der Waals surface area contributed by atoms with Gasteiger partial charge in [-0.3, -0.25) is 4.90 Å². The third-order valence-corrected chi connectivity index (χ3v) is 3.20. The van der Waals surface area contributed by atoms with Crippen LogP contribution in [0, 0.1) is 5.92 Å². The quantitative estimate of drug-likeness (QED) is 0.621. The predicted octanol–water partition coefficient (Wildman–Crippen LogP) is 2.13. The summed E-state index contributed by atoms with van der Waals surface area (Å²) in [5.74, 6) is 0.716. The molecule has 0 spiro atoms. The van der Waals surface area contributed by atoms with Gasteiger partial charge < -0.3 is 0 Å². The van der Waals surface area contributed by atoms with Crippen LogP contribution < -0.4 is 0 Å². The molecule has 0 unspecified atom stereocenters. The molecule has 0 aromatic heterocycles. The zero-order valence-electron chi connectivity index (χ0n) is 7.18. The van der Waals surface area contributed by atoms with Gasteiger partial charge in [-0.25, -0.2) is 8.78 Å². The van der Waals surface area contributed by atoms with Crippen molar-refractivity contribution in [3.63, 3.8) is 0 Å². The largest absolute Gasteiger partial charge is 0.294 e. The SMILES string of the molecule is FC(F)CN1CC2CCC1CC2. The van der Waals surface area contributed by atoms with Crippen molar-refractivity contribution in [3.8, 4) is 0 Å². The minimum absolute atomic E-state index is 0.00116. The van der Waals surface area contributed by atoms with Crippen molar-refractivity contribution in [1.29, 1.82) is 0 Å². The molecule has 0 N–H and O–H groups in total. The van der Waals surface area contributed by atoms with Crippen molar-refractivity contribution in [2.75, 3.05) is 13.1 Å². The van der Waals surface area contributed by atoms with Gasteiger partial charge in [0.1, 0.15) is 0 Å². The fourth-order valence-corrected chi connectivity index (χ4v) is 2.57. The second-order valence-corrected chi connectivity index (χ2v) is 4.02. The van der Waals surface area contributed by atoms with Crippen molar-refractivity contribution < 1.29 is 8.78 Å². The van der Waals surface area contributed by atoms with E-state index in [0.29, 0.717) is 12.0 Å². The second-order valence-electron chi connectivity index (χ2n) is 4.02. The first-order valence-corrected chi connectivity index (χ1v) is 4.78. The third kappa shape index (κ3) is 1.60. The molecule has 1 nitrogen and oxygen atoms in total. The lowest BCUT2D eigenvalue weighted by Gasteiger charge is -2.45. The van der Waals surface area contributed by atoms with Gasteiger partial charge in [-0.15, -0.1) is 0 Å². The maximum Gasteiger partial charge on any atom is 0.251 e. The highest BCUT2D eigenvalue weighted by molar-refractivity contribution is 4.87. The fraction of sp³-hybridized carbons (Fsp3) is 1.00. The number of hydrogen-bond donors (Lipinski definition) is 0. The Labute approximate surface area is 71.7 Å². The van der Waals surface area contributed by atoms with E-state index < -0.39 is 6.43 Å². The molecule has 2 aliphatic heterocycles. The number of alkyl halides is 2. The summed E-state index contributed by atoms with van der Waals surface area (Å²) >= 11 is 0. The molecule has 1 aliphatic carbocycles. The first kappa shape index (κ1) is 8.42. The summed E-state index contributed by atoms with van der Waals surface area (Å²) in [5.41, 5.74) is 0. The van der Waals surface area contributed by atoms with E-state index in [4.69, 9.17) is 0 Å². The van der Waals surface area contributed by atoms with Gasteiger partial charge in [0, 0.05) is 12.6 Å². The maximum atomic E-state index is 12.1. The van der Waals surface area contributed by atoms with Crippen molar-refractivity contribution in [3.05, 3.63) is 0 Å². The van der Waals surface area contributed by atoms with Crippen LogP contribution in [-0.4, -0.2) is 30.5 Å². The predicted molar refractivity (Wildman–Crippen MR) is 43.3 cm³/mol. The van der Waals surface area contributed by atoms with Crippen LogP contribution >= 0.6 is 0 Å². The average molecular weight is 175 g/mol. The number of halogens is 2. The average Bonchev–Trinajstić information content (AvgIpc) is 2.05. The lowest BCUT2D eigenvalue weighted by molar-refractivity contribution is 0.000370. The third-order valence-electron chi connectivity index (χ3n) is 3.20. The Morgan fingerprint density at radius 2 is 1.83 bits per heavy atom. The van der Waals surface area contributed by atoms with Crippen LogP contribution in [0.2, 0.25) is 0 Å². The molecule has 2 saturated heterocycles. The van der Waals surface area contributed by atoms with Gasteiger partial charge in [-0.1, -0.05) is 0 Å². The van der Waals surface area contributed by atoms with Crippen molar-refractivity contribution in [1.82, 2.24) is 4.90 Å². The van der Waals surface area contributed by atoms with E-state index in [1.165, 1.54) is 12.8 Å². The number of hydrogen-bond acceptors (Lipinski definition) is 1. The maximum absolute atomic E-state index is 12.1. The molecule has 3 heteroatoms. The molecule has 0 aromatic carbocycles. The summed E-state index contributed by atoms with van der Waals surface area (Å²) in [6.45, 7) is 0.927. The Bertz CT molecular complexity index is 151. The van der Waals surface area contributed by atoms with E-state index in [2.05, 4.69) is 0 Å². The van der Waals surface area contributed by atoms with Crippen LogP contribution in [-0.2, 0) is 0 Å². The van der Waals surface area contributed by atoms with Gasteiger partial charge in [0.05, 0.1) is 6.54 Å². The van der Waals surface area contributed by atoms with Crippen molar-refractivity contribution in [2.24, 2.45) is 5.92 Å². The Kier molecular flexibility index (Phi) is 2.31. The zero-order chi connectivity index (χ0) is 8.55. The molecule has 70 valence electrons. The molecule has 3 aliphatic rings. The van der Waals surface area contributed by atoms with Gasteiger partial charge in [-0.2, -0.15) is 0 Å². The van der Waals surface area contributed by atoms with E-state index in [1.54, 1.807) is 0 Å². The highest BCUT2D eigenvalue weighted by Gasteiger charge is 2.34. The van der Waals surface area contributed by atoms with Crippen LogP contribution in [0.3, 0.4) is 0 Å². The van der Waals surface area contributed by atoms with E-state index in [9.17, 15) is 8.78 Å². The van der Waals surface area contributed by atoms with Crippen LogP contribution in [0.1, 0.15) is 25.7 Å². The summed E-state index contributed by atoms with van der Waals surface area (Å²) in [5, 5.41) is 0. The topological polar surface area (TPSA) is 3.24 Å². The summed E-state index contributed by atoms with van der Waals surface area (Å²) in [6, 6.07) is 0.476. The Balaban J connectivity index is 1.91. The van der Waals surface area contributed by atoms with Crippen LogP contribution in [0.25, 0.3) is 0 Å². The molecule has 1 saturated carbocycles. The molecular weight excluding hydrogens is 160 g/mol. The van der Waals surface area contributed by atoms with E-state index in [0.717, 1.165) is 19.4 Å². The highest BCUT2D eigenvalue weighted by Crippen LogP contribution is 2.34. The summed E-state index contributed by atoms with van der Waals surface area (Å²) in [7, 11) is 0. The Hall–Kier alpha value is -0.180. The van der Waals surface area contributed by atoms with Crippen LogP contribution in [0.5, 0.6) is 0 Å². The second kappa shape index (κ2) is 3.29. The lowest BCUT2D eigenvalue weighted by atomic mass is 9.80. The summed E-state index contributed by atoms with van der Waals surface area (Å²) in [6.07, 6.45) is 2.69. The van der Waals surface area contributed by atoms with Crippen LogP contribution in [0.4, 0.5) is 8.78 Å². The van der Waals surface area contributed by atoms with E-state index >= 15 is 0 Å². The highest BCUT2D eigenvalue weighted by atomic mass is 19.3. The fourth-order valence-electron chi connectivity index (χ4n) is 2.57. The number of fused-ring (bicyclic) bond motifs is 3. The Morgan fingerprint density at radius 1 is 1.17 bits per heavy atom. The molecule has 2 heterocycles. The van der Waals surface area contributed by atoms with Gasteiger partial charge in [0.25, 0.3) is 6.43 Å². The van der Waals surface area contributed by atoms with E-state index in [-0.39, 0.29) is 6.54 Å². The molecule has 0 radical (unpaired) electrons.